The summed E-state index contributed by atoms with van der Waals surface area (Å²) in [7, 11) is -1.10. The monoisotopic (exact) mass is 244 g/mol. The maximum absolute atomic E-state index is 11.5. The minimum atomic E-state index is -1.10. The van der Waals surface area contributed by atoms with E-state index >= 15 is 0 Å². The Bertz CT molecular complexity index is 359. The normalized spacial score (nSPS) is 12.4. The number of Topliss-reactive ketones (excluding diaryl/α,β-unsaturated/α-hetero) is 1. The predicted molar refractivity (Wildman–Crippen MR) is 63.5 cm³/mol. The summed E-state index contributed by atoms with van der Waals surface area (Å²) in [6.07, 6.45) is 0.451. The van der Waals surface area contributed by atoms with Crippen molar-refractivity contribution in [1.82, 2.24) is 0 Å². The molecule has 0 N–H and O–H groups in total. The largest absolute Gasteiger partial charge is 0.299 e. The van der Waals surface area contributed by atoms with Crippen molar-refractivity contribution in [2.75, 3.05) is 5.75 Å². The molecule has 1 aromatic carbocycles. The summed E-state index contributed by atoms with van der Waals surface area (Å²) in [6, 6.07) is 7.18. The highest BCUT2D eigenvalue weighted by Gasteiger charge is 2.06. The Morgan fingerprint density at radius 3 is 2.47 bits per heavy atom. The van der Waals surface area contributed by atoms with E-state index in [-0.39, 0.29) is 11.5 Å². The van der Waals surface area contributed by atoms with Crippen molar-refractivity contribution in [3.63, 3.8) is 0 Å². The number of hydrogen-bond donors (Lipinski definition) is 0. The van der Waals surface area contributed by atoms with Gasteiger partial charge >= 0.3 is 0 Å². The molecule has 0 aliphatic carbocycles. The highest BCUT2D eigenvalue weighted by atomic mass is 35.5. The zero-order valence-corrected chi connectivity index (χ0v) is 10.1. The molecular formula is C11H13ClO2S. The van der Waals surface area contributed by atoms with Gasteiger partial charge in [0.1, 0.15) is 5.78 Å². The van der Waals surface area contributed by atoms with Crippen LogP contribution in [0.4, 0.5) is 0 Å². The topological polar surface area (TPSA) is 34.1 Å². The van der Waals surface area contributed by atoms with Crippen LogP contribution in [-0.2, 0) is 21.3 Å². The Labute approximate surface area is 97.1 Å². The molecule has 0 saturated heterocycles. The van der Waals surface area contributed by atoms with Crippen LogP contribution >= 0.6 is 11.6 Å². The van der Waals surface area contributed by atoms with Gasteiger partial charge in [-0.2, -0.15) is 0 Å². The third-order valence-corrected chi connectivity index (χ3v) is 3.51. The molecular weight excluding hydrogens is 232 g/mol. The van der Waals surface area contributed by atoms with Crippen LogP contribution in [0.25, 0.3) is 0 Å². The Hall–Kier alpha value is -0.670. The van der Waals surface area contributed by atoms with Crippen molar-refractivity contribution in [2.45, 2.75) is 19.1 Å². The van der Waals surface area contributed by atoms with Crippen LogP contribution in [0, 0.1) is 0 Å². The van der Waals surface area contributed by atoms with Crippen molar-refractivity contribution < 1.29 is 9.00 Å². The molecule has 1 rings (SSSR count). The summed E-state index contributed by atoms with van der Waals surface area (Å²) < 4.78 is 11.5. The van der Waals surface area contributed by atoms with Gasteiger partial charge in [0, 0.05) is 28.0 Å². The van der Waals surface area contributed by atoms with Crippen molar-refractivity contribution in [1.29, 1.82) is 0 Å². The van der Waals surface area contributed by atoms with Gasteiger partial charge in [0.2, 0.25) is 0 Å². The lowest BCUT2D eigenvalue weighted by Crippen LogP contribution is -2.10. The van der Waals surface area contributed by atoms with E-state index in [1.807, 2.05) is 12.1 Å². The third kappa shape index (κ3) is 4.58. The minimum Gasteiger partial charge on any atom is -0.299 e. The van der Waals surface area contributed by atoms with Gasteiger partial charge in [-0.05, 0) is 17.7 Å². The van der Waals surface area contributed by atoms with E-state index in [1.165, 1.54) is 0 Å². The van der Waals surface area contributed by atoms with Crippen LogP contribution in [0.15, 0.2) is 24.3 Å². The average Bonchev–Trinajstić information content (AvgIpc) is 2.21. The second-order valence-electron chi connectivity index (χ2n) is 3.25. The molecule has 0 bridgehead atoms. The molecule has 2 nitrogen and oxygen atoms in total. The molecule has 0 radical (unpaired) electrons. The molecule has 0 fully saturated rings. The van der Waals surface area contributed by atoms with E-state index in [4.69, 9.17) is 11.6 Å². The number of ketones is 1. The fourth-order valence-electron chi connectivity index (χ4n) is 1.10. The summed E-state index contributed by atoms with van der Waals surface area (Å²) in [5.41, 5.74) is 0.946. The molecule has 1 atom stereocenters. The second-order valence-corrected chi connectivity index (χ2v) is 5.14. The van der Waals surface area contributed by atoms with Gasteiger partial charge in [-0.15, -0.1) is 0 Å². The number of carbonyl (C=O) groups is 1. The lowest BCUT2D eigenvalue weighted by Gasteiger charge is -2.01. The van der Waals surface area contributed by atoms with Gasteiger partial charge in [0.15, 0.2) is 0 Å². The maximum atomic E-state index is 11.5. The average molecular weight is 245 g/mol. The number of halogens is 1. The summed E-state index contributed by atoms with van der Waals surface area (Å²) in [5, 5.41) is 0.661. The van der Waals surface area contributed by atoms with E-state index in [1.54, 1.807) is 19.1 Å². The predicted octanol–water partition coefficient (Wildman–Crippen LogP) is 2.57. The summed E-state index contributed by atoms with van der Waals surface area (Å²) in [5.74, 6) is 0.615. The lowest BCUT2D eigenvalue weighted by atomic mass is 10.2. The van der Waals surface area contributed by atoms with Crippen LogP contribution in [0.2, 0.25) is 5.02 Å². The molecule has 0 aromatic heterocycles. The van der Waals surface area contributed by atoms with E-state index in [2.05, 4.69) is 0 Å². The number of rotatable bonds is 5. The van der Waals surface area contributed by atoms with E-state index in [0.717, 1.165) is 5.56 Å². The van der Waals surface area contributed by atoms with Gasteiger partial charge in [-0.1, -0.05) is 30.7 Å². The molecule has 15 heavy (non-hydrogen) atoms. The molecule has 82 valence electrons. The van der Waals surface area contributed by atoms with Crippen LogP contribution < -0.4 is 0 Å². The summed E-state index contributed by atoms with van der Waals surface area (Å²) >= 11 is 5.73. The molecule has 1 unspecified atom stereocenters. The Kier molecular flexibility index (Phi) is 4.99. The second kappa shape index (κ2) is 6.03. The van der Waals surface area contributed by atoms with E-state index in [9.17, 15) is 9.00 Å². The number of carbonyl (C=O) groups excluding carboxylic acids is 1. The third-order valence-electron chi connectivity index (χ3n) is 1.96. The van der Waals surface area contributed by atoms with Crippen LogP contribution in [-0.4, -0.2) is 15.7 Å². The summed E-state index contributed by atoms with van der Waals surface area (Å²) in [4.78, 5) is 11.1. The highest BCUT2D eigenvalue weighted by Crippen LogP contribution is 2.11. The maximum Gasteiger partial charge on any atom is 0.145 e. The molecule has 0 heterocycles. The molecule has 0 spiro atoms. The minimum absolute atomic E-state index is 0.0438. The first-order valence-corrected chi connectivity index (χ1v) is 6.59. The van der Waals surface area contributed by atoms with Crippen LogP contribution in [0.1, 0.15) is 18.9 Å². The van der Waals surface area contributed by atoms with Crippen molar-refractivity contribution in [2.24, 2.45) is 0 Å². The molecule has 4 heteroatoms. The Morgan fingerprint density at radius 1 is 1.33 bits per heavy atom. The fraction of sp³-hybridized carbons (Fsp3) is 0.364. The van der Waals surface area contributed by atoms with Crippen molar-refractivity contribution in [3.05, 3.63) is 34.9 Å². The van der Waals surface area contributed by atoms with Crippen molar-refractivity contribution >= 4 is 28.2 Å². The first-order chi connectivity index (χ1) is 7.11. The van der Waals surface area contributed by atoms with Gasteiger partial charge in [0.25, 0.3) is 0 Å². The molecule has 0 aliphatic heterocycles. The van der Waals surface area contributed by atoms with Gasteiger partial charge < -0.3 is 0 Å². The zero-order valence-electron chi connectivity index (χ0n) is 8.53. The standard InChI is InChI=1S/C11H13ClO2S/c1-2-11(13)8-15(14)7-9-3-5-10(12)6-4-9/h3-6H,2,7-8H2,1H3. The van der Waals surface area contributed by atoms with E-state index < -0.39 is 10.8 Å². The molecule has 0 amide bonds. The Balaban J connectivity index is 2.51. The van der Waals surface area contributed by atoms with Crippen LogP contribution in [0.5, 0.6) is 0 Å². The number of hydrogen-bond acceptors (Lipinski definition) is 2. The first-order valence-electron chi connectivity index (χ1n) is 4.73. The Morgan fingerprint density at radius 2 is 1.93 bits per heavy atom. The van der Waals surface area contributed by atoms with E-state index in [0.29, 0.717) is 17.2 Å². The lowest BCUT2D eigenvalue weighted by molar-refractivity contribution is -0.116. The summed E-state index contributed by atoms with van der Waals surface area (Å²) in [6.45, 7) is 1.78. The van der Waals surface area contributed by atoms with Crippen molar-refractivity contribution in [3.8, 4) is 0 Å². The van der Waals surface area contributed by atoms with Gasteiger partial charge in [-0.3, -0.25) is 9.00 Å². The molecule has 1 aromatic rings. The fourth-order valence-corrected chi connectivity index (χ4v) is 2.45. The molecule has 0 saturated carbocycles. The van der Waals surface area contributed by atoms with Gasteiger partial charge in [-0.25, -0.2) is 0 Å². The zero-order chi connectivity index (χ0) is 11.3. The van der Waals surface area contributed by atoms with Gasteiger partial charge in [0.05, 0.1) is 5.75 Å². The number of benzene rings is 1. The SMILES string of the molecule is CCC(=O)CS(=O)Cc1ccc(Cl)cc1. The first kappa shape index (κ1) is 12.4. The smallest absolute Gasteiger partial charge is 0.145 e. The molecule has 0 aliphatic rings. The van der Waals surface area contributed by atoms with Crippen LogP contribution in [0.3, 0.4) is 0 Å². The quantitative estimate of drug-likeness (QED) is 0.798. The highest BCUT2D eigenvalue weighted by molar-refractivity contribution is 7.84.